The Balaban J connectivity index is 1.82. The van der Waals surface area contributed by atoms with Crippen molar-refractivity contribution < 1.29 is 14.3 Å². The van der Waals surface area contributed by atoms with Crippen molar-refractivity contribution >= 4 is 11.8 Å². The van der Waals surface area contributed by atoms with E-state index < -0.39 is 0 Å². The van der Waals surface area contributed by atoms with E-state index in [1.165, 1.54) is 0 Å². The van der Waals surface area contributed by atoms with Crippen LogP contribution in [0.15, 0.2) is 24.3 Å². The third-order valence-electron chi connectivity index (χ3n) is 3.93. The number of hydrogen-bond donors (Lipinski definition) is 1. The molecular formula is C17H24N2O3. The molecule has 2 rings (SSSR count). The van der Waals surface area contributed by atoms with Gasteiger partial charge in [-0.1, -0.05) is 18.2 Å². The molecular weight excluding hydrogens is 280 g/mol. The Bertz CT molecular complexity index is 530. The quantitative estimate of drug-likeness (QED) is 0.832. The highest BCUT2D eigenvalue weighted by Crippen LogP contribution is 2.19. The minimum Gasteiger partial charge on any atom is -0.494 e. The van der Waals surface area contributed by atoms with E-state index in [9.17, 15) is 9.59 Å². The molecule has 22 heavy (non-hydrogen) atoms. The Hall–Kier alpha value is -2.04. The highest BCUT2D eigenvalue weighted by Gasteiger charge is 2.32. The number of amides is 2. The Morgan fingerprint density at radius 1 is 1.36 bits per heavy atom. The first-order chi connectivity index (χ1) is 10.7. The second-order valence-corrected chi connectivity index (χ2v) is 5.42. The van der Waals surface area contributed by atoms with Crippen LogP contribution in [0.5, 0.6) is 5.75 Å². The van der Waals surface area contributed by atoms with Crippen molar-refractivity contribution in [1.29, 1.82) is 0 Å². The Kier molecular flexibility index (Phi) is 5.81. The average molecular weight is 304 g/mol. The highest BCUT2D eigenvalue weighted by molar-refractivity contribution is 5.89. The Labute approximate surface area is 131 Å². The standard InChI is InChI=1S/C17H24N2O3/c1-3-19-12-14(11-16(19)20)17(21)18-10-9-13-7-5-6-8-15(13)22-4-2/h5-8,14H,3-4,9-12H2,1-2H3,(H,18,21)/t14-/m1/s1. The molecule has 5 nitrogen and oxygen atoms in total. The largest absolute Gasteiger partial charge is 0.494 e. The van der Waals surface area contributed by atoms with Crippen LogP contribution in [0.25, 0.3) is 0 Å². The monoisotopic (exact) mass is 304 g/mol. The van der Waals surface area contributed by atoms with Gasteiger partial charge in [-0.15, -0.1) is 0 Å². The van der Waals surface area contributed by atoms with Gasteiger partial charge in [-0.3, -0.25) is 9.59 Å². The Morgan fingerprint density at radius 3 is 2.82 bits per heavy atom. The summed E-state index contributed by atoms with van der Waals surface area (Å²) < 4.78 is 5.57. The molecule has 0 spiro atoms. The van der Waals surface area contributed by atoms with Gasteiger partial charge in [-0.05, 0) is 31.9 Å². The molecule has 0 radical (unpaired) electrons. The van der Waals surface area contributed by atoms with E-state index in [0.717, 1.165) is 17.7 Å². The first-order valence-corrected chi connectivity index (χ1v) is 7.91. The van der Waals surface area contributed by atoms with Gasteiger partial charge in [-0.2, -0.15) is 0 Å². The lowest BCUT2D eigenvalue weighted by Gasteiger charge is -2.14. The highest BCUT2D eigenvalue weighted by atomic mass is 16.5. The summed E-state index contributed by atoms with van der Waals surface area (Å²) in [6.07, 6.45) is 1.05. The number of nitrogens with one attached hydrogen (secondary N) is 1. The predicted molar refractivity (Wildman–Crippen MR) is 84.7 cm³/mol. The number of carbonyl (C=O) groups excluding carboxylic acids is 2. The normalized spacial score (nSPS) is 17.6. The topological polar surface area (TPSA) is 58.6 Å². The molecule has 0 bridgehead atoms. The average Bonchev–Trinajstić information content (AvgIpc) is 2.90. The zero-order valence-electron chi connectivity index (χ0n) is 13.3. The molecule has 1 N–H and O–H groups in total. The minimum absolute atomic E-state index is 0.0295. The van der Waals surface area contributed by atoms with Crippen LogP contribution in [0, 0.1) is 5.92 Å². The molecule has 0 aromatic heterocycles. The van der Waals surface area contributed by atoms with Crippen LogP contribution in [0.1, 0.15) is 25.8 Å². The van der Waals surface area contributed by atoms with Crippen LogP contribution in [-0.4, -0.2) is 43.0 Å². The molecule has 1 aromatic carbocycles. The summed E-state index contributed by atoms with van der Waals surface area (Å²) in [7, 11) is 0. The van der Waals surface area contributed by atoms with Crippen molar-refractivity contribution in [3.63, 3.8) is 0 Å². The number of nitrogens with zero attached hydrogens (tertiary/aromatic N) is 1. The van der Waals surface area contributed by atoms with Gasteiger partial charge >= 0.3 is 0 Å². The summed E-state index contributed by atoms with van der Waals surface area (Å²) in [6.45, 7) is 6.28. The van der Waals surface area contributed by atoms with Gasteiger partial charge in [0.1, 0.15) is 5.75 Å². The van der Waals surface area contributed by atoms with Gasteiger partial charge in [0.2, 0.25) is 11.8 Å². The molecule has 0 unspecified atom stereocenters. The predicted octanol–water partition coefficient (Wildman–Crippen LogP) is 1.61. The number of carbonyl (C=O) groups is 2. The molecule has 1 heterocycles. The van der Waals surface area contributed by atoms with Crippen molar-refractivity contribution in [3.05, 3.63) is 29.8 Å². The van der Waals surface area contributed by atoms with Crippen LogP contribution in [0.3, 0.4) is 0 Å². The van der Waals surface area contributed by atoms with Crippen LogP contribution in [-0.2, 0) is 16.0 Å². The fraction of sp³-hybridized carbons (Fsp3) is 0.529. The maximum Gasteiger partial charge on any atom is 0.225 e. The molecule has 5 heteroatoms. The summed E-state index contributed by atoms with van der Waals surface area (Å²) in [5, 5.41) is 2.93. The molecule has 2 amide bonds. The molecule has 0 saturated carbocycles. The maximum atomic E-state index is 12.1. The fourth-order valence-electron chi connectivity index (χ4n) is 2.72. The van der Waals surface area contributed by atoms with E-state index in [-0.39, 0.29) is 17.7 Å². The summed E-state index contributed by atoms with van der Waals surface area (Å²) in [6, 6.07) is 7.86. The van der Waals surface area contributed by atoms with Gasteiger partial charge in [-0.25, -0.2) is 0 Å². The van der Waals surface area contributed by atoms with Crippen LogP contribution < -0.4 is 10.1 Å². The lowest BCUT2D eigenvalue weighted by Crippen LogP contribution is -2.34. The number of likely N-dealkylation sites (tertiary alicyclic amines) is 1. The van der Waals surface area contributed by atoms with Gasteiger partial charge in [0, 0.05) is 26.1 Å². The van der Waals surface area contributed by atoms with Crippen LogP contribution in [0.2, 0.25) is 0 Å². The van der Waals surface area contributed by atoms with E-state index in [0.29, 0.717) is 32.7 Å². The van der Waals surface area contributed by atoms with E-state index in [2.05, 4.69) is 5.32 Å². The van der Waals surface area contributed by atoms with Gasteiger partial charge in [0.15, 0.2) is 0 Å². The number of ether oxygens (including phenoxy) is 1. The first-order valence-electron chi connectivity index (χ1n) is 7.91. The lowest BCUT2D eigenvalue weighted by molar-refractivity contribution is -0.128. The Morgan fingerprint density at radius 2 is 2.14 bits per heavy atom. The zero-order chi connectivity index (χ0) is 15.9. The third-order valence-corrected chi connectivity index (χ3v) is 3.93. The molecule has 1 aliphatic heterocycles. The second-order valence-electron chi connectivity index (χ2n) is 5.42. The lowest BCUT2D eigenvalue weighted by atomic mass is 10.1. The van der Waals surface area contributed by atoms with Crippen LogP contribution in [0.4, 0.5) is 0 Å². The molecule has 1 saturated heterocycles. The smallest absolute Gasteiger partial charge is 0.225 e. The van der Waals surface area contributed by atoms with Crippen molar-refractivity contribution in [2.24, 2.45) is 5.92 Å². The summed E-state index contributed by atoms with van der Waals surface area (Å²) in [5.74, 6) is 0.699. The van der Waals surface area contributed by atoms with Crippen molar-refractivity contribution in [3.8, 4) is 5.75 Å². The third kappa shape index (κ3) is 4.00. The summed E-state index contributed by atoms with van der Waals surface area (Å²) >= 11 is 0. The summed E-state index contributed by atoms with van der Waals surface area (Å²) in [4.78, 5) is 25.5. The van der Waals surface area contributed by atoms with Crippen molar-refractivity contribution in [2.45, 2.75) is 26.7 Å². The van der Waals surface area contributed by atoms with Gasteiger partial charge in [0.05, 0.1) is 12.5 Å². The fourth-order valence-corrected chi connectivity index (χ4v) is 2.72. The molecule has 1 aromatic rings. The number of benzene rings is 1. The summed E-state index contributed by atoms with van der Waals surface area (Å²) in [5.41, 5.74) is 1.09. The van der Waals surface area contributed by atoms with E-state index >= 15 is 0 Å². The van der Waals surface area contributed by atoms with Crippen LogP contribution >= 0.6 is 0 Å². The van der Waals surface area contributed by atoms with Gasteiger partial charge in [0.25, 0.3) is 0 Å². The second kappa shape index (κ2) is 7.82. The van der Waals surface area contributed by atoms with E-state index in [1.807, 2.05) is 38.1 Å². The number of rotatable bonds is 7. The minimum atomic E-state index is -0.213. The molecule has 1 atom stereocenters. The molecule has 0 aliphatic carbocycles. The van der Waals surface area contributed by atoms with E-state index in [1.54, 1.807) is 4.90 Å². The molecule has 120 valence electrons. The van der Waals surface area contributed by atoms with Crippen molar-refractivity contribution in [2.75, 3.05) is 26.2 Å². The molecule has 1 fully saturated rings. The number of para-hydroxylation sites is 1. The molecule has 1 aliphatic rings. The first kappa shape index (κ1) is 16.3. The van der Waals surface area contributed by atoms with E-state index in [4.69, 9.17) is 4.74 Å². The van der Waals surface area contributed by atoms with Gasteiger partial charge < -0.3 is 15.0 Å². The number of hydrogen-bond acceptors (Lipinski definition) is 3. The maximum absolute atomic E-state index is 12.1. The van der Waals surface area contributed by atoms with Crippen molar-refractivity contribution in [1.82, 2.24) is 10.2 Å². The zero-order valence-corrected chi connectivity index (χ0v) is 13.3. The SMILES string of the molecule is CCOc1ccccc1CCNC(=O)[C@@H]1CC(=O)N(CC)C1.